The maximum atomic E-state index is 12.3. The third-order valence-electron chi connectivity index (χ3n) is 2.94. The molecule has 1 aromatic rings. The molecule has 18 heavy (non-hydrogen) atoms. The topological polar surface area (TPSA) is 74.6 Å². The van der Waals surface area contributed by atoms with E-state index in [1.165, 1.54) is 18.2 Å². The number of rotatable bonds is 0. The molecule has 0 spiro atoms. The first-order chi connectivity index (χ1) is 8.25. The Balaban J connectivity index is 2.76. The first-order valence-electron chi connectivity index (χ1n) is 5.60. The lowest BCUT2D eigenvalue weighted by Crippen LogP contribution is -2.29. The lowest BCUT2D eigenvalue weighted by Gasteiger charge is -2.27. The number of allylic oxidation sites excluding steroid dienone is 2. The predicted molar refractivity (Wildman–Crippen MR) is 65.9 cm³/mol. The van der Waals surface area contributed by atoms with Gasteiger partial charge in [-0.3, -0.25) is 9.59 Å². The van der Waals surface area contributed by atoms with Gasteiger partial charge in [0.15, 0.2) is 11.5 Å². The molecule has 2 rings (SSSR count). The molecule has 4 heteroatoms. The molecule has 1 aromatic carbocycles. The fourth-order valence-corrected chi connectivity index (χ4v) is 2.14. The molecule has 1 aliphatic carbocycles. The molecular formula is C14H14O4. The van der Waals surface area contributed by atoms with Crippen molar-refractivity contribution in [1.29, 1.82) is 0 Å². The Labute approximate surface area is 105 Å². The van der Waals surface area contributed by atoms with Crippen LogP contribution in [0.1, 0.15) is 41.5 Å². The van der Waals surface area contributed by atoms with Gasteiger partial charge in [0.25, 0.3) is 0 Å². The monoisotopic (exact) mass is 246 g/mol. The molecule has 0 amide bonds. The van der Waals surface area contributed by atoms with E-state index >= 15 is 0 Å². The number of phenols is 1. The SMILES string of the molecule is CC(C)(C)C1=C(O)C(=O)c2c(O)cccc2C1=O. The molecule has 0 bridgehead atoms. The van der Waals surface area contributed by atoms with Crippen LogP contribution in [0.5, 0.6) is 5.75 Å². The third-order valence-corrected chi connectivity index (χ3v) is 2.94. The van der Waals surface area contributed by atoms with Gasteiger partial charge < -0.3 is 10.2 Å². The number of hydrogen-bond donors (Lipinski definition) is 2. The number of aliphatic hydroxyl groups excluding tert-OH is 1. The van der Waals surface area contributed by atoms with Crippen LogP contribution >= 0.6 is 0 Å². The molecule has 0 aliphatic heterocycles. The van der Waals surface area contributed by atoms with Crippen LogP contribution in [-0.2, 0) is 0 Å². The Morgan fingerprint density at radius 2 is 1.61 bits per heavy atom. The number of carbonyl (C=O) groups excluding carboxylic acids is 2. The molecular weight excluding hydrogens is 232 g/mol. The van der Waals surface area contributed by atoms with Gasteiger partial charge in [0.2, 0.25) is 5.78 Å². The summed E-state index contributed by atoms with van der Waals surface area (Å²) < 4.78 is 0. The first kappa shape index (κ1) is 12.4. The average molecular weight is 246 g/mol. The number of Topliss-reactive ketones (excluding diaryl/α,β-unsaturated/α-hetero) is 2. The number of fused-ring (bicyclic) bond motifs is 1. The van der Waals surface area contributed by atoms with E-state index in [0.29, 0.717) is 0 Å². The van der Waals surface area contributed by atoms with Gasteiger partial charge in [-0.2, -0.15) is 0 Å². The molecule has 4 nitrogen and oxygen atoms in total. The van der Waals surface area contributed by atoms with Crippen LogP contribution in [0.4, 0.5) is 0 Å². The molecule has 2 N–H and O–H groups in total. The standard InChI is InChI=1S/C14H14O4/c1-14(2,3)10-11(16)7-5-4-6-8(15)9(7)12(17)13(10)18/h4-6,15,18H,1-3H3. The van der Waals surface area contributed by atoms with Gasteiger partial charge in [-0.25, -0.2) is 0 Å². The normalized spacial score (nSPS) is 15.9. The summed E-state index contributed by atoms with van der Waals surface area (Å²) in [4.78, 5) is 24.3. The molecule has 0 fully saturated rings. The van der Waals surface area contributed by atoms with Crippen molar-refractivity contribution >= 4 is 11.6 Å². The zero-order valence-electron chi connectivity index (χ0n) is 10.4. The highest BCUT2D eigenvalue weighted by molar-refractivity contribution is 6.27. The lowest BCUT2D eigenvalue weighted by atomic mass is 9.76. The van der Waals surface area contributed by atoms with E-state index in [0.717, 1.165) is 0 Å². The minimum atomic E-state index is -0.701. The maximum Gasteiger partial charge on any atom is 0.232 e. The Hall–Kier alpha value is -2.10. The van der Waals surface area contributed by atoms with Gasteiger partial charge in [-0.15, -0.1) is 0 Å². The van der Waals surface area contributed by atoms with Crippen molar-refractivity contribution in [1.82, 2.24) is 0 Å². The van der Waals surface area contributed by atoms with Crippen LogP contribution < -0.4 is 0 Å². The quantitative estimate of drug-likeness (QED) is 0.738. The van der Waals surface area contributed by atoms with E-state index in [1.807, 2.05) is 0 Å². The summed E-state index contributed by atoms with van der Waals surface area (Å²) in [5.41, 5.74) is -0.527. The third kappa shape index (κ3) is 1.61. The highest BCUT2D eigenvalue weighted by Gasteiger charge is 2.39. The minimum Gasteiger partial charge on any atom is -0.507 e. The molecule has 94 valence electrons. The number of benzene rings is 1. The molecule has 0 atom stereocenters. The van der Waals surface area contributed by atoms with Crippen molar-refractivity contribution in [3.8, 4) is 5.75 Å². The zero-order valence-corrected chi connectivity index (χ0v) is 10.4. The van der Waals surface area contributed by atoms with Crippen LogP contribution in [0.15, 0.2) is 29.5 Å². The fourth-order valence-electron chi connectivity index (χ4n) is 2.14. The Bertz CT molecular complexity index is 588. The fraction of sp³-hybridized carbons (Fsp3) is 0.286. The molecule has 0 saturated carbocycles. The molecule has 0 saturated heterocycles. The summed E-state index contributed by atoms with van der Waals surface area (Å²) >= 11 is 0. The van der Waals surface area contributed by atoms with Crippen LogP contribution in [0.2, 0.25) is 0 Å². The van der Waals surface area contributed by atoms with Gasteiger partial charge in [-0.05, 0) is 11.5 Å². The van der Waals surface area contributed by atoms with Crippen LogP contribution in [0.25, 0.3) is 0 Å². The average Bonchev–Trinajstić information content (AvgIpc) is 2.24. The van der Waals surface area contributed by atoms with Gasteiger partial charge in [0.1, 0.15) is 5.75 Å². The van der Waals surface area contributed by atoms with E-state index in [9.17, 15) is 19.8 Å². The van der Waals surface area contributed by atoms with E-state index in [2.05, 4.69) is 0 Å². The van der Waals surface area contributed by atoms with Crippen LogP contribution in [0.3, 0.4) is 0 Å². The van der Waals surface area contributed by atoms with Crippen molar-refractivity contribution in [3.05, 3.63) is 40.7 Å². The first-order valence-corrected chi connectivity index (χ1v) is 5.60. The van der Waals surface area contributed by atoms with Gasteiger partial charge in [-0.1, -0.05) is 32.9 Å². The Morgan fingerprint density at radius 1 is 1.00 bits per heavy atom. The maximum absolute atomic E-state index is 12.3. The van der Waals surface area contributed by atoms with Crippen molar-refractivity contribution in [2.45, 2.75) is 20.8 Å². The predicted octanol–water partition coefficient (Wildman–Crippen LogP) is 2.63. The van der Waals surface area contributed by atoms with E-state index in [1.54, 1.807) is 20.8 Å². The van der Waals surface area contributed by atoms with E-state index < -0.39 is 22.7 Å². The Kier molecular flexibility index (Phi) is 2.54. The van der Waals surface area contributed by atoms with Crippen molar-refractivity contribution in [2.75, 3.05) is 0 Å². The lowest BCUT2D eigenvalue weighted by molar-refractivity contribution is 0.0908. The zero-order chi connectivity index (χ0) is 13.7. The van der Waals surface area contributed by atoms with Crippen molar-refractivity contribution in [3.63, 3.8) is 0 Å². The number of phenolic OH excluding ortho intramolecular Hbond substituents is 1. The summed E-state index contributed by atoms with van der Waals surface area (Å²) in [6, 6.07) is 4.30. The van der Waals surface area contributed by atoms with Crippen LogP contribution in [0, 0.1) is 5.41 Å². The second-order valence-electron chi connectivity index (χ2n) is 5.33. The largest absolute Gasteiger partial charge is 0.507 e. The second-order valence-corrected chi connectivity index (χ2v) is 5.33. The smallest absolute Gasteiger partial charge is 0.232 e. The molecule has 0 aromatic heterocycles. The van der Waals surface area contributed by atoms with E-state index in [4.69, 9.17) is 0 Å². The number of aromatic hydroxyl groups is 1. The van der Waals surface area contributed by atoms with Crippen molar-refractivity contribution < 1.29 is 19.8 Å². The van der Waals surface area contributed by atoms with Gasteiger partial charge in [0, 0.05) is 5.56 Å². The summed E-state index contributed by atoms with van der Waals surface area (Å²) in [5.74, 6) is -1.97. The number of ketones is 2. The summed E-state index contributed by atoms with van der Waals surface area (Å²) in [5, 5.41) is 19.6. The summed E-state index contributed by atoms with van der Waals surface area (Å²) in [6.45, 7) is 5.24. The summed E-state index contributed by atoms with van der Waals surface area (Å²) in [7, 11) is 0. The molecule has 1 aliphatic rings. The molecule has 0 radical (unpaired) electrons. The van der Waals surface area contributed by atoms with Gasteiger partial charge in [0.05, 0.1) is 11.1 Å². The number of hydrogen-bond acceptors (Lipinski definition) is 4. The number of carbonyl (C=O) groups is 2. The molecule has 0 unspecified atom stereocenters. The molecule has 0 heterocycles. The van der Waals surface area contributed by atoms with Gasteiger partial charge >= 0.3 is 0 Å². The highest BCUT2D eigenvalue weighted by Crippen LogP contribution is 2.38. The highest BCUT2D eigenvalue weighted by atomic mass is 16.3. The van der Waals surface area contributed by atoms with Crippen molar-refractivity contribution in [2.24, 2.45) is 5.41 Å². The van der Waals surface area contributed by atoms with E-state index in [-0.39, 0.29) is 22.4 Å². The number of aliphatic hydroxyl groups is 1. The van der Waals surface area contributed by atoms with Crippen LogP contribution in [-0.4, -0.2) is 21.8 Å². The minimum absolute atomic E-state index is 0.0885. The summed E-state index contributed by atoms with van der Waals surface area (Å²) in [6.07, 6.45) is 0. The Morgan fingerprint density at radius 3 is 2.17 bits per heavy atom. The second kappa shape index (κ2) is 3.70.